The molecule has 2 aromatic carbocycles. The predicted molar refractivity (Wildman–Crippen MR) is 119 cm³/mol. The zero-order valence-electron chi connectivity index (χ0n) is 15.9. The van der Waals surface area contributed by atoms with Crippen molar-refractivity contribution in [2.24, 2.45) is 0 Å². The van der Waals surface area contributed by atoms with Crippen LogP contribution < -0.4 is 10.4 Å². The average molecular weight is 361 g/mol. The number of fused-ring (bicyclic) bond motifs is 5. The molecule has 1 nitrogen and oxygen atoms in total. The van der Waals surface area contributed by atoms with Crippen molar-refractivity contribution < 1.29 is 0 Å². The van der Waals surface area contributed by atoms with Crippen molar-refractivity contribution in [3.05, 3.63) is 106 Å². The molecule has 1 aromatic heterocycles. The molecule has 0 saturated heterocycles. The topological polar surface area (TPSA) is 12.9 Å². The van der Waals surface area contributed by atoms with Gasteiger partial charge in [-0.15, -0.1) is 0 Å². The lowest BCUT2D eigenvalue weighted by Gasteiger charge is -2.21. The van der Waals surface area contributed by atoms with Crippen molar-refractivity contribution in [2.45, 2.75) is 25.7 Å². The number of allylic oxidation sites excluding steroid dienone is 6. The molecule has 0 bridgehead atoms. The van der Waals surface area contributed by atoms with E-state index < -0.39 is 0 Å². The molecule has 3 aliphatic rings. The van der Waals surface area contributed by atoms with Gasteiger partial charge in [0.15, 0.2) is 0 Å². The second kappa shape index (κ2) is 7.44. The number of rotatable bonds is 0. The Hall–Kier alpha value is -3.19. The minimum atomic E-state index is 1.06. The molecule has 6 rings (SSSR count). The van der Waals surface area contributed by atoms with E-state index in [0.29, 0.717) is 0 Å². The van der Waals surface area contributed by atoms with Crippen molar-refractivity contribution in [3.63, 3.8) is 0 Å². The number of hydrogen-bond acceptors (Lipinski definition) is 1. The van der Waals surface area contributed by atoms with Gasteiger partial charge in [-0.05, 0) is 65.0 Å². The van der Waals surface area contributed by atoms with Crippen molar-refractivity contribution in [3.8, 4) is 0 Å². The van der Waals surface area contributed by atoms with Crippen LogP contribution in [-0.2, 0) is 6.42 Å². The van der Waals surface area contributed by atoms with E-state index in [9.17, 15) is 0 Å². The normalized spacial score (nSPS) is 16.1. The molecule has 0 unspecified atom stereocenters. The van der Waals surface area contributed by atoms with Crippen LogP contribution in [0.25, 0.3) is 28.6 Å². The van der Waals surface area contributed by atoms with Crippen molar-refractivity contribution >= 4 is 28.6 Å². The maximum absolute atomic E-state index is 4.18. The summed E-state index contributed by atoms with van der Waals surface area (Å²) in [6.45, 7) is 0. The van der Waals surface area contributed by atoms with E-state index >= 15 is 0 Å². The third-order valence-corrected chi connectivity index (χ3v) is 5.75. The monoisotopic (exact) mass is 361 g/mol. The molecular formula is C27H23N. The molecule has 0 atom stereocenters. The Morgan fingerprint density at radius 1 is 0.821 bits per heavy atom. The van der Waals surface area contributed by atoms with Crippen LogP contribution in [0.5, 0.6) is 0 Å². The van der Waals surface area contributed by atoms with Crippen LogP contribution in [0.15, 0.2) is 84.6 Å². The first-order chi connectivity index (χ1) is 13.9. The molecule has 1 heteroatoms. The lowest BCUT2D eigenvalue weighted by Crippen LogP contribution is -2.34. The smallest absolute Gasteiger partial charge is 0.0701 e. The standard InChI is InChI=1S/C18H16.C9H7N/c1-3-7-15-13(5-1)9-11-18-16-8-4-2-6-14(16)10-12-17(15)18;1-2-6-9-8(4-1)5-3-7-10-9/h1,3-4,7-9,11-12H,2,5-6,10H2;1-7H. The number of benzene rings is 2. The van der Waals surface area contributed by atoms with E-state index in [1.165, 1.54) is 45.4 Å². The summed E-state index contributed by atoms with van der Waals surface area (Å²) in [5.41, 5.74) is 7.08. The van der Waals surface area contributed by atoms with Crippen LogP contribution >= 0.6 is 0 Å². The number of nitrogens with zero attached hydrogens (tertiary/aromatic N) is 1. The Morgan fingerprint density at radius 3 is 2.71 bits per heavy atom. The SMILES string of the molecule is C1=CCc2ccc3c(c2=C1)=CCC1=C3C=CCC1.c1ccc2ncccc2c1. The van der Waals surface area contributed by atoms with E-state index in [1.807, 2.05) is 30.5 Å². The Kier molecular flexibility index (Phi) is 4.50. The molecule has 0 N–H and O–H groups in total. The number of aromatic nitrogens is 1. The molecule has 0 saturated carbocycles. The van der Waals surface area contributed by atoms with Gasteiger partial charge < -0.3 is 0 Å². The summed E-state index contributed by atoms with van der Waals surface area (Å²) in [6, 6.07) is 16.7. The second-order valence-electron chi connectivity index (χ2n) is 7.46. The molecule has 0 spiro atoms. The van der Waals surface area contributed by atoms with Gasteiger partial charge in [0.05, 0.1) is 5.52 Å². The maximum Gasteiger partial charge on any atom is 0.0701 e. The first-order valence-corrected chi connectivity index (χ1v) is 10.1. The van der Waals surface area contributed by atoms with Gasteiger partial charge in [-0.25, -0.2) is 0 Å². The van der Waals surface area contributed by atoms with E-state index in [1.54, 1.807) is 5.57 Å². The minimum absolute atomic E-state index is 1.06. The lowest BCUT2D eigenvalue weighted by atomic mass is 9.84. The summed E-state index contributed by atoms with van der Waals surface area (Å²) in [5, 5.41) is 4.10. The van der Waals surface area contributed by atoms with E-state index in [0.717, 1.165) is 18.4 Å². The van der Waals surface area contributed by atoms with Gasteiger partial charge in [0, 0.05) is 11.6 Å². The Morgan fingerprint density at radius 2 is 1.75 bits per heavy atom. The number of para-hydroxylation sites is 1. The van der Waals surface area contributed by atoms with E-state index in [4.69, 9.17) is 0 Å². The number of hydrogen-bond donors (Lipinski definition) is 0. The summed E-state index contributed by atoms with van der Waals surface area (Å²) in [6.07, 6.45) is 20.3. The summed E-state index contributed by atoms with van der Waals surface area (Å²) in [5.74, 6) is 0. The van der Waals surface area contributed by atoms with Gasteiger partial charge in [-0.3, -0.25) is 4.98 Å². The molecule has 28 heavy (non-hydrogen) atoms. The van der Waals surface area contributed by atoms with Crippen LogP contribution in [0, 0.1) is 0 Å². The van der Waals surface area contributed by atoms with Gasteiger partial charge >= 0.3 is 0 Å². The molecular weight excluding hydrogens is 338 g/mol. The largest absolute Gasteiger partial charge is 0.256 e. The minimum Gasteiger partial charge on any atom is -0.256 e. The van der Waals surface area contributed by atoms with Gasteiger partial charge in [-0.2, -0.15) is 0 Å². The van der Waals surface area contributed by atoms with Crippen molar-refractivity contribution in [2.75, 3.05) is 0 Å². The van der Waals surface area contributed by atoms with Crippen LogP contribution in [-0.4, -0.2) is 4.98 Å². The fourth-order valence-corrected chi connectivity index (χ4v) is 4.32. The highest BCUT2D eigenvalue weighted by Gasteiger charge is 2.15. The molecule has 0 fully saturated rings. The maximum atomic E-state index is 4.18. The highest BCUT2D eigenvalue weighted by molar-refractivity contribution is 5.81. The van der Waals surface area contributed by atoms with Gasteiger partial charge in [0.1, 0.15) is 0 Å². The van der Waals surface area contributed by atoms with Gasteiger partial charge in [-0.1, -0.05) is 78.4 Å². The average Bonchev–Trinajstić information content (AvgIpc) is 2.79. The van der Waals surface area contributed by atoms with Crippen molar-refractivity contribution in [1.82, 2.24) is 4.98 Å². The van der Waals surface area contributed by atoms with Crippen LogP contribution in [0.2, 0.25) is 0 Å². The molecule has 1 heterocycles. The lowest BCUT2D eigenvalue weighted by molar-refractivity contribution is 0.935. The molecule has 3 aromatic rings. The van der Waals surface area contributed by atoms with Gasteiger partial charge in [0.2, 0.25) is 0 Å². The summed E-state index contributed by atoms with van der Waals surface area (Å²) in [4.78, 5) is 4.18. The van der Waals surface area contributed by atoms with E-state index in [-0.39, 0.29) is 0 Å². The molecule has 3 aliphatic carbocycles. The highest BCUT2D eigenvalue weighted by Crippen LogP contribution is 2.30. The van der Waals surface area contributed by atoms with Crippen LogP contribution in [0.1, 0.15) is 30.4 Å². The quantitative estimate of drug-likeness (QED) is 0.543. The zero-order valence-corrected chi connectivity index (χ0v) is 15.9. The molecule has 0 radical (unpaired) electrons. The fourth-order valence-electron chi connectivity index (χ4n) is 4.32. The second-order valence-corrected chi connectivity index (χ2v) is 7.46. The van der Waals surface area contributed by atoms with Gasteiger partial charge in [0.25, 0.3) is 0 Å². The summed E-state index contributed by atoms with van der Waals surface area (Å²) < 4.78 is 0. The first-order valence-electron chi connectivity index (χ1n) is 10.1. The van der Waals surface area contributed by atoms with Crippen molar-refractivity contribution in [1.29, 1.82) is 0 Å². The summed E-state index contributed by atoms with van der Waals surface area (Å²) >= 11 is 0. The highest BCUT2D eigenvalue weighted by atomic mass is 14.6. The predicted octanol–water partition coefficient (Wildman–Crippen LogP) is 5.10. The Labute approximate surface area is 165 Å². The zero-order chi connectivity index (χ0) is 18.8. The third kappa shape index (κ3) is 3.14. The first kappa shape index (κ1) is 16.9. The van der Waals surface area contributed by atoms with Crippen LogP contribution in [0.3, 0.4) is 0 Å². The van der Waals surface area contributed by atoms with E-state index in [2.05, 4.69) is 65.7 Å². The summed E-state index contributed by atoms with van der Waals surface area (Å²) in [7, 11) is 0. The molecule has 0 amide bonds. The Bertz CT molecular complexity index is 1190. The molecule has 136 valence electrons. The Balaban J connectivity index is 0.000000145. The third-order valence-electron chi connectivity index (χ3n) is 5.75. The fraction of sp³-hybridized carbons (Fsp3) is 0.148. The molecule has 0 aliphatic heterocycles. The number of pyridine rings is 1. The van der Waals surface area contributed by atoms with Crippen LogP contribution in [0.4, 0.5) is 0 Å².